The number of primary amides is 1. The van der Waals surface area contributed by atoms with Gasteiger partial charge < -0.3 is 20.5 Å². The highest BCUT2D eigenvalue weighted by molar-refractivity contribution is 9.10. The van der Waals surface area contributed by atoms with Gasteiger partial charge in [-0.2, -0.15) is 0 Å². The number of benzene rings is 1. The van der Waals surface area contributed by atoms with Crippen LogP contribution >= 0.6 is 15.9 Å². The predicted octanol–water partition coefficient (Wildman–Crippen LogP) is 1.19. The molecule has 0 bridgehead atoms. The summed E-state index contributed by atoms with van der Waals surface area (Å²) in [5, 5.41) is 9.56. The zero-order valence-corrected chi connectivity index (χ0v) is 12.3. The van der Waals surface area contributed by atoms with Crippen LogP contribution in [0.1, 0.15) is 18.6 Å². The van der Waals surface area contributed by atoms with Crippen molar-refractivity contribution >= 4 is 27.5 Å². The zero-order valence-electron chi connectivity index (χ0n) is 10.7. The number of carbonyl (C=O) groups excluding carboxylic acids is 1. The number of ether oxygens (including phenoxy) is 1. The first-order valence-corrected chi connectivity index (χ1v) is 6.91. The lowest BCUT2D eigenvalue weighted by molar-refractivity contribution is -0.121. The molecule has 104 valence electrons. The number of nitrogens with zero attached hydrogens (tertiary/aromatic N) is 1. The van der Waals surface area contributed by atoms with E-state index in [0.717, 1.165) is 15.7 Å². The topological polar surface area (TPSA) is 75.8 Å². The number of aliphatic hydroxyl groups is 1. The van der Waals surface area contributed by atoms with Crippen LogP contribution in [0.2, 0.25) is 0 Å². The Morgan fingerprint density at radius 2 is 2.37 bits per heavy atom. The molecule has 0 spiro atoms. The van der Waals surface area contributed by atoms with Crippen molar-refractivity contribution < 1.29 is 14.6 Å². The molecule has 1 amide bonds. The lowest BCUT2D eigenvalue weighted by Gasteiger charge is -2.36. The van der Waals surface area contributed by atoms with Crippen LogP contribution in [0.25, 0.3) is 0 Å². The van der Waals surface area contributed by atoms with Crippen molar-refractivity contribution in [2.75, 3.05) is 24.7 Å². The molecule has 6 heteroatoms. The molecule has 0 aromatic heterocycles. The van der Waals surface area contributed by atoms with E-state index in [4.69, 9.17) is 10.5 Å². The Bertz CT molecular complexity index is 479. The average molecular weight is 329 g/mol. The van der Waals surface area contributed by atoms with Crippen LogP contribution in [0.3, 0.4) is 0 Å². The Hall–Kier alpha value is -1.11. The highest BCUT2D eigenvalue weighted by Crippen LogP contribution is 2.31. The summed E-state index contributed by atoms with van der Waals surface area (Å²) in [5.74, 6) is -0.397. The van der Waals surface area contributed by atoms with Crippen LogP contribution < -0.4 is 10.6 Å². The minimum absolute atomic E-state index is 0.305. The number of amides is 1. The van der Waals surface area contributed by atoms with Gasteiger partial charge in [-0.25, -0.2) is 0 Å². The predicted molar refractivity (Wildman–Crippen MR) is 75.9 cm³/mol. The molecule has 3 N–H and O–H groups in total. The number of carbonyl (C=O) groups is 1. The molecule has 2 rings (SSSR count). The Morgan fingerprint density at radius 1 is 1.63 bits per heavy atom. The number of nitrogens with two attached hydrogens (primary N) is 1. The van der Waals surface area contributed by atoms with Gasteiger partial charge in [0.2, 0.25) is 5.91 Å². The smallest absolute Gasteiger partial charge is 0.242 e. The van der Waals surface area contributed by atoms with Crippen molar-refractivity contribution in [3.8, 4) is 0 Å². The van der Waals surface area contributed by atoms with Gasteiger partial charge in [0, 0.05) is 11.0 Å². The molecule has 1 aromatic carbocycles. The van der Waals surface area contributed by atoms with Crippen LogP contribution in [0.4, 0.5) is 5.69 Å². The number of morpholine rings is 1. The molecule has 0 saturated carbocycles. The van der Waals surface area contributed by atoms with E-state index in [9.17, 15) is 9.90 Å². The van der Waals surface area contributed by atoms with Crippen molar-refractivity contribution in [3.63, 3.8) is 0 Å². The average Bonchev–Trinajstić information content (AvgIpc) is 2.38. The molecule has 1 saturated heterocycles. The molecular weight excluding hydrogens is 312 g/mol. The summed E-state index contributed by atoms with van der Waals surface area (Å²) >= 11 is 3.48. The fourth-order valence-electron chi connectivity index (χ4n) is 2.14. The van der Waals surface area contributed by atoms with Gasteiger partial charge in [0.25, 0.3) is 0 Å². The van der Waals surface area contributed by atoms with Crippen LogP contribution in [0.15, 0.2) is 22.7 Å². The third-order valence-corrected chi connectivity index (χ3v) is 3.86. The summed E-state index contributed by atoms with van der Waals surface area (Å²) in [7, 11) is 0. The molecule has 1 aliphatic heterocycles. The van der Waals surface area contributed by atoms with Crippen LogP contribution in [-0.4, -0.2) is 36.8 Å². The Morgan fingerprint density at radius 3 is 2.95 bits per heavy atom. The fraction of sp³-hybridized carbons (Fsp3) is 0.462. The molecule has 0 radical (unpaired) electrons. The van der Waals surface area contributed by atoms with Crippen molar-refractivity contribution in [2.45, 2.75) is 19.1 Å². The van der Waals surface area contributed by atoms with Crippen LogP contribution in [-0.2, 0) is 9.53 Å². The molecule has 1 unspecified atom stereocenters. The first-order valence-electron chi connectivity index (χ1n) is 6.12. The number of anilines is 1. The van der Waals surface area contributed by atoms with Gasteiger partial charge in [-0.15, -0.1) is 0 Å². The van der Waals surface area contributed by atoms with Gasteiger partial charge >= 0.3 is 0 Å². The third-order valence-electron chi connectivity index (χ3n) is 3.22. The first-order chi connectivity index (χ1) is 9.00. The molecule has 1 fully saturated rings. The lowest BCUT2D eigenvalue weighted by atomic mass is 10.1. The second-order valence-electron chi connectivity index (χ2n) is 4.57. The molecule has 1 heterocycles. The van der Waals surface area contributed by atoms with Crippen molar-refractivity contribution in [3.05, 3.63) is 28.2 Å². The maximum absolute atomic E-state index is 11.5. The Kier molecular flexibility index (Phi) is 4.44. The van der Waals surface area contributed by atoms with Gasteiger partial charge in [0.15, 0.2) is 0 Å². The molecule has 0 aliphatic carbocycles. The SMILES string of the molecule is C[C@H](O)c1ccc(N2CCOCC2C(N)=O)c(Br)c1. The van der Waals surface area contributed by atoms with Gasteiger partial charge in [-0.3, -0.25) is 4.79 Å². The second kappa shape index (κ2) is 5.90. The molecule has 1 aromatic rings. The summed E-state index contributed by atoms with van der Waals surface area (Å²) in [5.41, 5.74) is 7.11. The second-order valence-corrected chi connectivity index (χ2v) is 5.43. The lowest BCUT2D eigenvalue weighted by Crippen LogP contribution is -2.52. The van der Waals surface area contributed by atoms with Gasteiger partial charge in [-0.1, -0.05) is 6.07 Å². The Labute approximate surface area is 120 Å². The highest BCUT2D eigenvalue weighted by Gasteiger charge is 2.29. The van der Waals surface area contributed by atoms with E-state index in [2.05, 4.69) is 15.9 Å². The van der Waals surface area contributed by atoms with E-state index < -0.39 is 18.1 Å². The zero-order chi connectivity index (χ0) is 14.0. The molecule has 1 aliphatic rings. The number of halogens is 1. The maximum atomic E-state index is 11.5. The van der Waals surface area contributed by atoms with Crippen LogP contribution in [0, 0.1) is 0 Å². The van der Waals surface area contributed by atoms with E-state index in [1.807, 2.05) is 23.1 Å². The standard InChI is InChI=1S/C13H17BrN2O3/c1-8(17)9-2-3-11(10(14)6-9)16-4-5-19-7-12(16)13(15)18/h2-3,6,8,12,17H,4-5,7H2,1H3,(H2,15,18)/t8-,12?/m0/s1. The summed E-state index contributed by atoms with van der Waals surface area (Å²) in [6, 6.07) is 5.13. The number of hydrogen-bond acceptors (Lipinski definition) is 4. The maximum Gasteiger partial charge on any atom is 0.242 e. The summed E-state index contributed by atoms with van der Waals surface area (Å²) < 4.78 is 6.13. The highest BCUT2D eigenvalue weighted by atomic mass is 79.9. The molecule has 19 heavy (non-hydrogen) atoms. The van der Waals surface area contributed by atoms with Gasteiger partial charge in [0.1, 0.15) is 6.04 Å². The monoisotopic (exact) mass is 328 g/mol. The minimum atomic E-state index is -0.526. The van der Waals surface area contributed by atoms with Gasteiger partial charge in [-0.05, 0) is 40.5 Å². The quantitative estimate of drug-likeness (QED) is 0.874. The normalized spacial score (nSPS) is 21.2. The minimum Gasteiger partial charge on any atom is -0.389 e. The van der Waals surface area contributed by atoms with E-state index in [1.54, 1.807) is 6.92 Å². The largest absolute Gasteiger partial charge is 0.389 e. The number of aliphatic hydroxyl groups excluding tert-OH is 1. The van der Waals surface area contributed by atoms with E-state index in [1.165, 1.54) is 0 Å². The molecular formula is C13H17BrN2O3. The fourth-order valence-corrected chi connectivity index (χ4v) is 2.77. The van der Waals surface area contributed by atoms with Crippen molar-refractivity contribution in [1.29, 1.82) is 0 Å². The van der Waals surface area contributed by atoms with E-state index in [0.29, 0.717) is 19.8 Å². The molecule has 5 nitrogen and oxygen atoms in total. The van der Waals surface area contributed by atoms with Gasteiger partial charge in [0.05, 0.1) is 25.0 Å². The number of hydrogen-bond donors (Lipinski definition) is 2. The first kappa shape index (κ1) is 14.3. The molecule has 2 atom stereocenters. The summed E-state index contributed by atoms with van der Waals surface area (Å²) in [6.07, 6.45) is -0.526. The van der Waals surface area contributed by atoms with E-state index in [-0.39, 0.29) is 0 Å². The van der Waals surface area contributed by atoms with Crippen molar-refractivity contribution in [1.82, 2.24) is 0 Å². The summed E-state index contributed by atoms with van der Waals surface area (Å²) in [6.45, 7) is 3.19. The van der Waals surface area contributed by atoms with Crippen LogP contribution in [0.5, 0.6) is 0 Å². The number of rotatable bonds is 3. The van der Waals surface area contributed by atoms with E-state index >= 15 is 0 Å². The Balaban J connectivity index is 2.31. The van der Waals surface area contributed by atoms with Crippen molar-refractivity contribution in [2.24, 2.45) is 5.73 Å². The third kappa shape index (κ3) is 3.08. The summed E-state index contributed by atoms with van der Waals surface area (Å²) in [4.78, 5) is 13.4.